The number of rotatable bonds is 31. The molecule has 312 valence electrons. The minimum Gasteiger partial charge on any atom is -0.457 e. The molecule has 2 aliphatic rings. The predicted molar refractivity (Wildman–Crippen MR) is 200 cm³/mol. The van der Waals surface area contributed by atoms with Gasteiger partial charge in [0.25, 0.3) is 17.6 Å². The Morgan fingerprint density at radius 2 is 1.09 bits per heavy atom. The van der Waals surface area contributed by atoms with E-state index >= 15 is 0 Å². The summed E-state index contributed by atoms with van der Waals surface area (Å²) >= 11 is 0. The number of benzene rings is 2. The standard InChI is InChI=1S/C39H51N3O15/c43-33-10-9-32(36(45)41-33)42-37(46)30-7-4-8-31(34(30)38(42)47)40-11-12-49-13-14-50-15-16-51-17-18-52-19-20-53-21-22-54-23-24-55-25-26-56-27-28-57-39(48)35(44)29-5-2-1-3-6-29/h1-8,32,40H,9-28H2,(H,41,43,45). The summed E-state index contributed by atoms with van der Waals surface area (Å²) in [6.45, 7) is 6.43. The van der Waals surface area contributed by atoms with Crippen molar-refractivity contribution in [1.29, 1.82) is 0 Å². The zero-order valence-corrected chi connectivity index (χ0v) is 31.9. The van der Waals surface area contributed by atoms with Gasteiger partial charge in [-0.05, 0) is 18.6 Å². The minimum absolute atomic E-state index is 0.0204. The SMILES string of the molecule is O=C1CCC(N2C(=O)c3cccc(NCCOCCOCCOCCOCCOCCOCCOCCOCCOC(=O)C(=O)c4ccccc4)c3C2=O)C(=O)N1. The van der Waals surface area contributed by atoms with E-state index in [1.807, 2.05) is 0 Å². The molecule has 1 unspecified atom stereocenters. The molecule has 0 bridgehead atoms. The molecule has 0 aromatic heterocycles. The maximum absolute atomic E-state index is 13.2. The number of nitrogens with one attached hydrogen (secondary N) is 2. The van der Waals surface area contributed by atoms with E-state index in [9.17, 15) is 28.8 Å². The van der Waals surface area contributed by atoms with Crippen LogP contribution in [0.5, 0.6) is 0 Å². The highest BCUT2D eigenvalue weighted by atomic mass is 16.6. The summed E-state index contributed by atoms with van der Waals surface area (Å²) < 4.78 is 48.6. The van der Waals surface area contributed by atoms with Crippen LogP contribution in [0, 0.1) is 0 Å². The Kier molecular flexibility index (Phi) is 20.8. The van der Waals surface area contributed by atoms with Gasteiger partial charge < -0.3 is 47.9 Å². The highest BCUT2D eigenvalue weighted by Crippen LogP contribution is 2.32. The first-order chi connectivity index (χ1) is 27.9. The molecule has 2 aromatic rings. The predicted octanol–water partition coefficient (Wildman–Crippen LogP) is 1.06. The molecule has 18 heteroatoms. The number of imide groups is 2. The van der Waals surface area contributed by atoms with Crippen molar-refractivity contribution in [3.63, 3.8) is 0 Å². The van der Waals surface area contributed by atoms with Gasteiger partial charge in [-0.15, -0.1) is 0 Å². The van der Waals surface area contributed by atoms with Crippen LogP contribution in [0.1, 0.15) is 43.9 Å². The van der Waals surface area contributed by atoms with Crippen LogP contribution in [0.3, 0.4) is 0 Å². The molecule has 2 aliphatic heterocycles. The molecule has 1 atom stereocenters. The number of carbonyl (C=O) groups excluding carboxylic acids is 6. The Morgan fingerprint density at radius 1 is 0.596 bits per heavy atom. The van der Waals surface area contributed by atoms with E-state index in [0.717, 1.165) is 4.90 Å². The lowest BCUT2D eigenvalue weighted by Crippen LogP contribution is -2.54. The van der Waals surface area contributed by atoms with Gasteiger partial charge in [0.2, 0.25) is 11.8 Å². The van der Waals surface area contributed by atoms with Gasteiger partial charge in [0.1, 0.15) is 12.6 Å². The average molecular weight is 802 g/mol. The van der Waals surface area contributed by atoms with E-state index in [2.05, 4.69) is 10.6 Å². The van der Waals surface area contributed by atoms with Gasteiger partial charge in [-0.1, -0.05) is 36.4 Å². The summed E-state index contributed by atoms with van der Waals surface area (Å²) in [6.07, 6.45) is 0.155. The zero-order valence-electron chi connectivity index (χ0n) is 31.9. The Morgan fingerprint density at radius 3 is 1.60 bits per heavy atom. The first kappa shape index (κ1) is 45.0. The highest BCUT2D eigenvalue weighted by Gasteiger charge is 2.45. The van der Waals surface area contributed by atoms with Crippen LogP contribution in [0.4, 0.5) is 5.69 Å². The van der Waals surface area contributed by atoms with E-state index in [1.54, 1.807) is 48.5 Å². The number of anilines is 1. The van der Waals surface area contributed by atoms with Crippen molar-refractivity contribution in [1.82, 2.24) is 10.2 Å². The monoisotopic (exact) mass is 801 g/mol. The third-order valence-corrected chi connectivity index (χ3v) is 8.32. The molecule has 0 aliphatic carbocycles. The summed E-state index contributed by atoms with van der Waals surface area (Å²) in [5, 5.41) is 5.32. The summed E-state index contributed by atoms with van der Waals surface area (Å²) in [6, 6.07) is 12.1. The number of esters is 1. The Hall–Kier alpha value is -4.66. The fourth-order valence-electron chi connectivity index (χ4n) is 5.53. The number of fused-ring (bicyclic) bond motifs is 1. The smallest absolute Gasteiger partial charge is 0.379 e. The van der Waals surface area contributed by atoms with Gasteiger partial charge in [-0.2, -0.15) is 0 Å². The second kappa shape index (κ2) is 26.3. The molecular weight excluding hydrogens is 750 g/mol. The molecule has 1 fully saturated rings. The molecule has 57 heavy (non-hydrogen) atoms. The van der Waals surface area contributed by atoms with Crippen molar-refractivity contribution < 1.29 is 71.4 Å². The number of nitrogens with zero attached hydrogens (tertiary/aromatic N) is 1. The molecule has 0 spiro atoms. The number of amides is 4. The summed E-state index contributed by atoms with van der Waals surface area (Å²) in [5.74, 6) is -3.80. The van der Waals surface area contributed by atoms with Crippen molar-refractivity contribution >= 4 is 41.1 Å². The van der Waals surface area contributed by atoms with Gasteiger partial charge in [0.15, 0.2) is 0 Å². The minimum atomic E-state index is -1.02. The van der Waals surface area contributed by atoms with Gasteiger partial charge in [0.05, 0.1) is 117 Å². The Bertz CT molecular complexity index is 1590. The van der Waals surface area contributed by atoms with E-state index < -0.39 is 41.4 Å². The normalized spacial score (nSPS) is 15.2. The molecule has 2 N–H and O–H groups in total. The number of ketones is 1. The third-order valence-electron chi connectivity index (χ3n) is 8.32. The van der Waals surface area contributed by atoms with E-state index in [-0.39, 0.29) is 42.7 Å². The van der Waals surface area contributed by atoms with Crippen LogP contribution in [0.25, 0.3) is 0 Å². The molecule has 4 amide bonds. The van der Waals surface area contributed by atoms with Crippen LogP contribution < -0.4 is 10.6 Å². The number of piperidine rings is 1. The van der Waals surface area contributed by atoms with Crippen LogP contribution in [0.2, 0.25) is 0 Å². The maximum Gasteiger partial charge on any atom is 0.379 e. The molecular formula is C39H51N3O15. The van der Waals surface area contributed by atoms with E-state index in [4.69, 9.17) is 42.6 Å². The maximum atomic E-state index is 13.2. The molecule has 4 rings (SSSR count). The van der Waals surface area contributed by atoms with E-state index in [0.29, 0.717) is 111 Å². The summed E-state index contributed by atoms with van der Waals surface area (Å²) in [5.41, 5.74) is 1.16. The van der Waals surface area contributed by atoms with Gasteiger partial charge in [-0.25, -0.2) is 4.79 Å². The lowest BCUT2D eigenvalue weighted by Gasteiger charge is -2.27. The second-order valence-corrected chi connectivity index (χ2v) is 12.3. The lowest BCUT2D eigenvalue weighted by atomic mass is 10.0. The number of ether oxygens (including phenoxy) is 9. The van der Waals surface area contributed by atoms with Crippen LogP contribution in [0.15, 0.2) is 48.5 Å². The number of hydrogen-bond donors (Lipinski definition) is 2. The Balaban J connectivity index is 0.850. The third kappa shape index (κ3) is 15.7. The molecule has 0 radical (unpaired) electrons. The number of Topliss-reactive ketones (excluding diaryl/α,β-unsaturated/α-hetero) is 1. The van der Waals surface area contributed by atoms with Crippen molar-refractivity contribution in [3.05, 3.63) is 65.2 Å². The topological polar surface area (TPSA) is 213 Å². The molecule has 0 saturated carbocycles. The fourth-order valence-corrected chi connectivity index (χ4v) is 5.53. The van der Waals surface area contributed by atoms with Crippen molar-refractivity contribution in [3.8, 4) is 0 Å². The highest BCUT2D eigenvalue weighted by molar-refractivity contribution is 6.40. The van der Waals surface area contributed by atoms with Crippen molar-refractivity contribution in [2.45, 2.75) is 18.9 Å². The van der Waals surface area contributed by atoms with Crippen molar-refractivity contribution in [2.24, 2.45) is 0 Å². The quantitative estimate of drug-likeness (QED) is 0.0359. The fraction of sp³-hybridized carbons (Fsp3) is 0.538. The number of carbonyl (C=O) groups is 6. The zero-order chi connectivity index (χ0) is 40.5. The number of hydrogen-bond acceptors (Lipinski definition) is 16. The van der Waals surface area contributed by atoms with Crippen LogP contribution in [-0.4, -0.2) is 165 Å². The Labute approximate surface area is 330 Å². The largest absolute Gasteiger partial charge is 0.457 e. The molecule has 1 saturated heterocycles. The molecule has 18 nitrogen and oxygen atoms in total. The van der Waals surface area contributed by atoms with Gasteiger partial charge >= 0.3 is 5.97 Å². The lowest BCUT2D eigenvalue weighted by molar-refractivity contribution is -0.140. The van der Waals surface area contributed by atoms with Gasteiger partial charge in [-0.3, -0.25) is 34.2 Å². The molecule has 2 heterocycles. The first-order valence-corrected chi connectivity index (χ1v) is 18.9. The summed E-state index contributed by atoms with van der Waals surface area (Å²) in [4.78, 5) is 74.5. The van der Waals surface area contributed by atoms with Crippen molar-refractivity contribution in [2.75, 3.05) is 124 Å². The van der Waals surface area contributed by atoms with Gasteiger partial charge in [0, 0.05) is 24.2 Å². The average Bonchev–Trinajstić information content (AvgIpc) is 3.47. The molecule has 2 aromatic carbocycles. The van der Waals surface area contributed by atoms with Crippen LogP contribution in [-0.2, 0) is 57.0 Å². The summed E-state index contributed by atoms with van der Waals surface area (Å²) in [7, 11) is 0. The van der Waals surface area contributed by atoms with Crippen LogP contribution >= 0.6 is 0 Å². The second-order valence-electron chi connectivity index (χ2n) is 12.3. The van der Waals surface area contributed by atoms with E-state index in [1.165, 1.54) is 0 Å². The first-order valence-electron chi connectivity index (χ1n) is 18.9.